The molecule has 112 valence electrons. The fourth-order valence-electron chi connectivity index (χ4n) is 2.22. The molecular formula is C14H14N6O2. The van der Waals surface area contributed by atoms with E-state index >= 15 is 0 Å². The van der Waals surface area contributed by atoms with Crippen LogP contribution in [0, 0.1) is 6.92 Å². The third kappa shape index (κ3) is 2.14. The molecule has 1 aromatic carbocycles. The summed E-state index contributed by atoms with van der Waals surface area (Å²) in [5, 5.41) is 7.81. The van der Waals surface area contributed by atoms with Gasteiger partial charge in [0.15, 0.2) is 11.3 Å². The maximum Gasteiger partial charge on any atom is 0.353 e. The lowest BCUT2D eigenvalue weighted by Crippen LogP contribution is -2.32. The SMILES string of the molecule is Cc1ccc([C@@H](C)n2nnc3c(C(N)=O)ncn3c2=O)cc1. The lowest BCUT2D eigenvalue weighted by atomic mass is 10.1. The molecule has 0 unspecified atom stereocenters. The number of aromatic nitrogens is 5. The van der Waals surface area contributed by atoms with Gasteiger partial charge < -0.3 is 5.73 Å². The number of benzene rings is 1. The van der Waals surface area contributed by atoms with Crippen molar-refractivity contribution in [2.45, 2.75) is 19.9 Å². The van der Waals surface area contributed by atoms with Gasteiger partial charge in [-0.1, -0.05) is 35.0 Å². The van der Waals surface area contributed by atoms with Crippen LogP contribution >= 0.6 is 0 Å². The van der Waals surface area contributed by atoms with Crippen LogP contribution in [0.5, 0.6) is 0 Å². The van der Waals surface area contributed by atoms with E-state index in [-0.39, 0.29) is 17.4 Å². The van der Waals surface area contributed by atoms with E-state index in [1.165, 1.54) is 11.0 Å². The summed E-state index contributed by atoms with van der Waals surface area (Å²) in [6.45, 7) is 3.84. The number of imidazole rings is 1. The van der Waals surface area contributed by atoms with Crippen LogP contribution in [0.1, 0.15) is 34.6 Å². The van der Waals surface area contributed by atoms with E-state index in [0.717, 1.165) is 15.5 Å². The van der Waals surface area contributed by atoms with Crippen LogP contribution in [0.4, 0.5) is 0 Å². The van der Waals surface area contributed by atoms with Gasteiger partial charge in [-0.25, -0.2) is 14.2 Å². The molecule has 2 aromatic heterocycles. The van der Waals surface area contributed by atoms with Crippen LogP contribution in [-0.4, -0.2) is 30.3 Å². The number of fused-ring (bicyclic) bond motifs is 1. The third-order valence-electron chi connectivity index (χ3n) is 3.54. The molecule has 0 saturated carbocycles. The molecule has 8 nitrogen and oxygen atoms in total. The molecule has 3 rings (SSSR count). The van der Waals surface area contributed by atoms with Crippen molar-refractivity contribution in [3.8, 4) is 0 Å². The molecule has 3 aromatic rings. The van der Waals surface area contributed by atoms with E-state index in [4.69, 9.17) is 5.73 Å². The molecule has 0 fully saturated rings. The van der Waals surface area contributed by atoms with Crippen molar-refractivity contribution in [3.63, 3.8) is 0 Å². The van der Waals surface area contributed by atoms with Gasteiger partial charge in [-0.3, -0.25) is 4.79 Å². The van der Waals surface area contributed by atoms with Crippen molar-refractivity contribution < 1.29 is 4.79 Å². The fraction of sp³-hybridized carbons (Fsp3) is 0.214. The Hall–Kier alpha value is -3.03. The summed E-state index contributed by atoms with van der Waals surface area (Å²) in [7, 11) is 0. The highest BCUT2D eigenvalue weighted by atomic mass is 16.2. The Morgan fingerprint density at radius 1 is 1.27 bits per heavy atom. The summed E-state index contributed by atoms with van der Waals surface area (Å²) < 4.78 is 2.40. The highest BCUT2D eigenvalue weighted by Crippen LogP contribution is 2.15. The van der Waals surface area contributed by atoms with Crippen molar-refractivity contribution in [2.24, 2.45) is 5.73 Å². The first-order chi connectivity index (χ1) is 10.5. The van der Waals surface area contributed by atoms with Crippen LogP contribution in [0.2, 0.25) is 0 Å². The number of primary amides is 1. The minimum absolute atomic E-state index is 0.0601. The van der Waals surface area contributed by atoms with Crippen molar-refractivity contribution in [2.75, 3.05) is 0 Å². The zero-order valence-electron chi connectivity index (χ0n) is 12.1. The first-order valence-corrected chi connectivity index (χ1v) is 6.68. The number of carbonyl (C=O) groups excluding carboxylic acids is 1. The average Bonchev–Trinajstić information content (AvgIpc) is 2.93. The van der Waals surface area contributed by atoms with Gasteiger partial charge in [0, 0.05) is 0 Å². The molecule has 22 heavy (non-hydrogen) atoms. The molecule has 0 bridgehead atoms. The topological polar surface area (TPSA) is 108 Å². The van der Waals surface area contributed by atoms with Gasteiger partial charge in [-0.05, 0) is 19.4 Å². The van der Waals surface area contributed by atoms with Crippen LogP contribution in [-0.2, 0) is 0 Å². The zero-order chi connectivity index (χ0) is 15.9. The van der Waals surface area contributed by atoms with Crippen molar-refractivity contribution in [1.82, 2.24) is 24.4 Å². The minimum Gasteiger partial charge on any atom is -0.364 e. The molecule has 0 aliphatic carbocycles. The van der Waals surface area contributed by atoms with Gasteiger partial charge in [0.25, 0.3) is 5.91 Å². The van der Waals surface area contributed by atoms with E-state index in [9.17, 15) is 9.59 Å². The van der Waals surface area contributed by atoms with Gasteiger partial charge in [0.1, 0.15) is 6.33 Å². The molecule has 0 aliphatic heterocycles. The minimum atomic E-state index is -0.750. The second kappa shape index (κ2) is 5.06. The summed E-state index contributed by atoms with van der Waals surface area (Å²) >= 11 is 0. The first-order valence-electron chi connectivity index (χ1n) is 6.68. The fourth-order valence-corrected chi connectivity index (χ4v) is 2.22. The number of amides is 1. The van der Waals surface area contributed by atoms with Crippen LogP contribution in [0.25, 0.3) is 5.65 Å². The number of hydrogen-bond donors (Lipinski definition) is 1. The second-order valence-electron chi connectivity index (χ2n) is 5.05. The van der Waals surface area contributed by atoms with Gasteiger partial charge in [-0.2, -0.15) is 4.68 Å². The first kappa shape index (κ1) is 13.9. The Morgan fingerprint density at radius 3 is 2.59 bits per heavy atom. The predicted octanol–water partition coefficient (Wildman–Crippen LogP) is 0.303. The van der Waals surface area contributed by atoms with Crippen LogP contribution < -0.4 is 11.4 Å². The summed E-state index contributed by atoms with van der Waals surface area (Å²) in [6.07, 6.45) is 1.23. The van der Waals surface area contributed by atoms with Gasteiger partial charge in [-0.15, -0.1) is 5.10 Å². The van der Waals surface area contributed by atoms with Crippen molar-refractivity contribution >= 4 is 11.6 Å². The standard InChI is InChI=1S/C14H14N6O2/c1-8-3-5-10(6-4-8)9(2)20-14(22)19-7-16-11(12(15)21)13(19)17-18-20/h3-7,9H,1-2H3,(H2,15,21)/t9-/m1/s1. The monoisotopic (exact) mass is 298 g/mol. The Labute approximate surface area is 125 Å². The lowest BCUT2D eigenvalue weighted by molar-refractivity contribution is 0.0997. The van der Waals surface area contributed by atoms with Gasteiger partial charge in [0.05, 0.1) is 6.04 Å². The number of nitrogens with two attached hydrogens (primary N) is 1. The summed E-state index contributed by atoms with van der Waals surface area (Å²) in [5.74, 6) is -0.750. The quantitative estimate of drug-likeness (QED) is 0.748. The molecule has 2 N–H and O–H groups in total. The maximum absolute atomic E-state index is 12.5. The maximum atomic E-state index is 12.5. The molecule has 2 heterocycles. The number of rotatable bonds is 3. The van der Waals surface area contributed by atoms with E-state index in [1.807, 2.05) is 38.1 Å². The number of aryl methyl sites for hydroxylation is 1. The second-order valence-corrected chi connectivity index (χ2v) is 5.05. The van der Waals surface area contributed by atoms with Crippen molar-refractivity contribution in [3.05, 3.63) is 57.9 Å². The normalized spacial score (nSPS) is 12.5. The van der Waals surface area contributed by atoms with E-state index in [2.05, 4.69) is 15.3 Å². The highest BCUT2D eigenvalue weighted by molar-refractivity contribution is 5.96. The van der Waals surface area contributed by atoms with Crippen LogP contribution in [0.3, 0.4) is 0 Å². The highest BCUT2D eigenvalue weighted by Gasteiger charge is 2.18. The number of nitrogens with zero attached hydrogens (tertiary/aromatic N) is 5. The molecule has 1 amide bonds. The Kier molecular flexibility index (Phi) is 3.21. The summed E-state index contributed by atoms with van der Waals surface area (Å²) in [5.41, 5.74) is 6.80. The predicted molar refractivity (Wildman–Crippen MR) is 78.6 cm³/mol. The summed E-state index contributed by atoms with van der Waals surface area (Å²) in [6, 6.07) is 7.49. The lowest BCUT2D eigenvalue weighted by Gasteiger charge is -2.13. The molecule has 0 radical (unpaired) electrons. The van der Waals surface area contributed by atoms with Crippen molar-refractivity contribution in [1.29, 1.82) is 0 Å². The molecule has 8 heteroatoms. The van der Waals surface area contributed by atoms with E-state index in [0.29, 0.717) is 0 Å². The average molecular weight is 298 g/mol. The number of carbonyl (C=O) groups is 1. The van der Waals surface area contributed by atoms with Crippen LogP contribution in [0.15, 0.2) is 35.4 Å². The third-order valence-corrected chi connectivity index (χ3v) is 3.54. The molecule has 0 aliphatic rings. The van der Waals surface area contributed by atoms with E-state index in [1.54, 1.807) is 0 Å². The Bertz CT molecular complexity index is 909. The number of hydrogen-bond acceptors (Lipinski definition) is 5. The Morgan fingerprint density at radius 2 is 1.95 bits per heavy atom. The molecule has 0 spiro atoms. The summed E-state index contributed by atoms with van der Waals surface area (Å²) in [4.78, 5) is 27.5. The van der Waals surface area contributed by atoms with Gasteiger partial charge in [0.2, 0.25) is 0 Å². The van der Waals surface area contributed by atoms with E-state index < -0.39 is 11.6 Å². The Balaban J connectivity index is 2.12. The zero-order valence-corrected chi connectivity index (χ0v) is 12.1. The molecular weight excluding hydrogens is 284 g/mol. The molecule has 0 saturated heterocycles. The largest absolute Gasteiger partial charge is 0.364 e. The smallest absolute Gasteiger partial charge is 0.353 e. The molecule has 1 atom stereocenters. The van der Waals surface area contributed by atoms with Gasteiger partial charge >= 0.3 is 5.69 Å².